The standard InChI is InChI=1S/C14H25N5/c1-10(15)7-12-8-11(2)16-14(17-12)13-9-18(3)5-6-19(13)4/h8,10,13H,5-7,9,15H2,1-4H3. The zero-order valence-electron chi connectivity index (χ0n) is 12.4. The number of hydrogen-bond acceptors (Lipinski definition) is 5. The molecule has 0 aromatic carbocycles. The fourth-order valence-electron chi connectivity index (χ4n) is 2.53. The Bertz CT molecular complexity index is 432. The second kappa shape index (κ2) is 5.94. The summed E-state index contributed by atoms with van der Waals surface area (Å²) < 4.78 is 0. The summed E-state index contributed by atoms with van der Waals surface area (Å²) in [4.78, 5) is 14.0. The van der Waals surface area contributed by atoms with Crippen molar-refractivity contribution in [1.82, 2.24) is 19.8 Å². The molecule has 2 heterocycles. The minimum absolute atomic E-state index is 0.133. The van der Waals surface area contributed by atoms with Gasteiger partial charge in [-0.3, -0.25) is 4.90 Å². The van der Waals surface area contributed by atoms with E-state index in [1.165, 1.54) is 0 Å². The van der Waals surface area contributed by atoms with Crippen LogP contribution in [0.5, 0.6) is 0 Å². The lowest BCUT2D eigenvalue weighted by Gasteiger charge is -2.36. The Labute approximate surface area is 115 Å². The topological polar surface area (TPSA) is 58.3 Å². The Morgan fingerprint density at radius 2 is 2.11 bits per heavy atom. The molecule has 19 heavy (non-hydrogen) atoms. The van der Waals surface area contributed by atoms with Gasteiger partial charge < -0.3 is 10.6 Å². The van der Waals surface area contributed by atoms with Crippen molar-refractivity contribution in [2.75, 3.05) is 33.7 Å². The molecule has 2 N–H and O–H groups in total. The second-order valence-corrected chi connectivity index (χ2v) is 5.80. The van der Waals surface area contributed by atoms with Crippen LogP contribution in [0.3, 0.4) is 0 Å². The van der Waals surface area contributed by atoms with Gasteiger partial charge in [0.05, 0.1) is 6.04 Å². The molecule has 5 nitrogen and oxygen atoms in total. The van der Waals surface area contributed by atoms with Crippen molar-refractivity contribution in [3.63, 3.8) is 0 Å². The molecule has 0 aliphatic carbocycles. The molecule has 5 heteroatoms. The predicted molar refractivity (Wildman–Crippen MR) is 77.0 cm³/mol. The largest absolute Gasteiger partial charge is 0.328 e. The maximum Gasteiger partial charge on any atom is 0.147 e. The predicted octanol–water partition coefficient (Wildman–Crippen LogP) is 0.593. The van der Waals surface area contributed by atoms with Crippen LogP contribution in [0.25, 0.3) is 0 Å². The third-order valence-corrected chi connectivity index (χ3v) is 3.60. The number of nitrogens with zero attached hydrogens (tertiary/aromatic N) is 4. The fraction of sp³-hybridized carbons (Fsp3) is 0.714. The lowest BCUT2D eigenvalue weighted by Crippen LogP contribution is -2.45. The van der Waals surface area contributed by atoms with Crippen LogP contribution in [-0.4, -0.2) is 59.5 Å². The summed E-state index contributed by atoms with van der Waals surface area (Å²) in [6.45, 7) is 7.18. The summed E-state index contributed by atoms with van der Waals surface area (Å²) in [6.07, 6.45) is 0.808. The first kappa shape index (κ1) is 14.4. The molecule has 0 saturated carbocycles. The van der Waals surface area contributed by atoms with Gasteiger partial charge in [0.2, 0.25) is 0 Å². The van der Waals surface area contributed by atoms with E-state index in [4.69, 9.17) is 10.7 Å². The maximum absolute atomic E-state index is 5.87. The van der Waals surface area contributed by atoms with Gasteiger partial charge >= 0.3 is 0 Å². The van der Waals surface area contributed by atoms with Crippen LogP contribution in [0, 0.1) is 6.92 Å². The molecular formula is C14H25N5. The highest BCUT2D eigenvalue weighted by Crippen LogP contribution is 2.21. The SMILES string of the molecule is Cc1cc(CC(C)N)nc(C2CN(C)CCN2C)n1. The van der Waals surface area contributed by atoms with Crippen molar-refractivity contribution in [2.45, 2.75) is 32.4 Å². The molecule has 2 atom stereocenters. The summed E-state index contributed by atoms with van der Waals surface area (Å²) in [5.74, 6) is 0.935. The van der Waals surface area contributed by atoms with Gasteiger partial charge in [0.1, 0.15) is 5.82 Å². The van der Waals surface area contributed by atoms with E-state index in [9.17, 15) is 0 Å². The van der Waals surface area contributed by atoms with Crippen molar-refractivity contribution < 1.29 is 0 Å². The number of nitrogens with two attached hydrogens (primary N) is 1. The number of aromatic nitrogens is 2. The number of likely N-dealkylation sites (N-methyl/N-ethyl adjacent to an activating group) is 2. The monoisotopic (exact) mass is 263 g/mol. The highest BCUT2D eigenvalue weighted by molar-refractivity contribution is 5.13. The van der Waals surface area contributed by atoms with Crippen molar-refractivity contribution in [1.29, 1.82) is 0 Å². The van der Waals surface area contributed by atoms with Crippen LogP contribution in [0.15, 0.2) is 6.07 Å². The highest BCUT2D eigenvalue weighted by atomic mass is 15.3. The minimum Gasteiger partial charge on any atom is -0.328 e. The fourth-order valence-corrected chi connectivity index (χ4v) is 2.53. The molecule has 1 aliphatic heterocycles. The first-order valence-corrected chi connectivity index (χ1v) is 6.94. The Hall–Kier alpha value is -1.04. The molecule has 2 unspecified atom stereocenters. The third-order valence-electron chi connectivity index (χ3n) is 3.60. The molecule has 0 amide bonds. The normalized spacial score (nSPS) is 23.5. The number of rotatable bonds is 3. The first-order valence-electron chi connectivity index (χ1n) is 6.94. The van der Waals surface area contributed by atoms with Gasteiger partial charge in [0.15, 0.2) is 0 Å². The summed E-state index contributed by atoms with van der Waals surface area (Å²) in [7, 11) is 4.30. The van der Waals surface area contributed by atoms with E-state index in [1.54, 1.807) is 0 Å². The molecule has 1 aliphatic rings. The van der Waals surface area contributed by atoms with Gasteiger partial charge in [-0.25, -0.2) is 9.97 Å². The molecule has 2 rings (SSSR count). The Morgan fingerprint density at radius 1 is 1.37 bits per heavy atom. The lowest BCUT2D eigenvalue weighted by atomic mass is 10.1. The molecule has 0 spiro atoms. The van der Waals surface area contributed by atoms with E-state index in [2.05, 4.69) is 28.9 Å². The van der Waals surface area contributed by atoms with Gasteiger partial charge in [-0.2, -0.15) is 0 Å². The van der Waals surface area contributed by atoms with E-state index in [1.807, 2.05) is 19.9 Å². The Balaban J connectivity index is 2.25. The van der Waals surface area contributed by atoms with E-state index >= 15 is 0 Å². The molecule has 0 bridgehead atoms. The summed E-state index contributed by atoms with van der Waals surface area (Å²) in [5.41, 5.74) is 7.96. The van der Waals surface area contributed by atoms with Crippen molar-refractivity contribution in [2.24, 2.45) is 5.73 Å². The van der Waals surface area contributed by atoms with Gasteiger partial charge in [0.25, 0.3) is 0 Å². The smallest absolute Gasteiger partial charge is 0.147 e. The summed E-state index contributed by atoms with van der Waals surface area (Å²) >= 11 is 0. The zero-order chi connectivity index (χ0) is 14.0. The molecular weight excluding hydrogens is 238 g/mol. The molecule has 1 aromatic rings. The van der Waals surface area contributed by atoms with E-state index < -0.39 is 0 Å². The van der Waals surface area contributed by atoms with E-state index in [-0.39, 0.29) is 12.1 Å². The van der Waals surface area contributed by atoms with E-state index in [0.29, 0.717) is 0 Å². The molecule has 1 fully saturated rings. The Morgan fingerprint density at radius 3 is 2.79 bits per heavy atom. The van der Waals surface area contributed by atoms with Crippen LogP contribution in [0.4, 0.5) is 0 Å². The van der Waals surface area contributed by atoms with Crippen LogP contribution in [-0.2, 0) is 6.42 Å². The van der Waals surface area contributed by atoms with Crippen LogP contribution in [0.2, 0.25) is 0 Å². The average molecular weight is 263 g/mol. The minimum atomic E-state index is 0.133. The summed E-state index contributed by atoms with van der Waals surface area (Å²) in [6, 6.07) is 2.46. The summed E-state index contributed by atoms with van der Waals surface area (Å²) in [5, 5.41) is 0. The second-order valence-electron chi connectivity index (χ2n) is 5.80. The van der Waals surface area contributed by atoms with E-state index in [0.717, 1.165) is 43.3 Å². The van der Waals surface area contributed by atoms with Gasteiger partial charge in [-0.1, -0.05) is 0 Å². The van der Waals surface area contributed by atoms with Gasteiger partial charge in [-0.15, -0.1) is 0 Å². The Kier molecular flexibility index (Phi) is 4.50. The van der Waals surface area contributed by atoms with Gasteiger partial charge in [-0.05, 0) is 34.0 Å². The number of aryl methyl sites for hydroxylation is 1. The van der Waals surface area contributed by atoms with Crippen molar-refractivity contribution >= 4 is 0 Å². The molecule has 1 saturated heterocycles. The number of piperazine rings is 1. The molecule has 106 valence electrons. The average Bonchev–Trinajstić information content (AvgIpc) is 2.30. The van der Waals surface area contributed by atoms with Gasteiger partial charge in [0, 0.05) is 43.5 Å². The first-order chi connectivity index (χ1) is 8.95. The van der Waals surface area contributed by atoms with Crippen LogP contribution in [0.1, 0.15) is 30.2 Å². The lowest BCUT2D eigenvalue weighted by molar-refractivity contribution is 0.109. The quantitative estimate of drug-likeness (QED) is 0.865. The van der Waals surface area contributed by atoms with Crippen LogP contribution < -0.4 is 5.73 Å². The van der Waals surface area contributed by atoms with Crippen LogP contribution >= 0.6 is 0 Å². The maximum atomic E-state index is 5.87. The third kappa shape index (κ3) is 3.72. The number of hydrogen-bond donors (Lipinski definition) is 1. The van der Waals surface area contributed by atoms with Crippen molar-refractivity contribution in [3.8, 4) is 0 Å². The molecule has 1 aromatic heterocycles. The highest BCUT2D eigenvalue weighted by Gasteiger charge is 2.26. The van der Waals surface area contributed by atoms with Crippen molar-refractivity contribution in [3.05, 3.63) is 23.3 Å². The molecule has 0 radical (unpaired) electrons. The zero-order valence-corrected chi connectivity index (χ0v) is 12.4.